The molecule has 0 saturated carbocycles. The minimum atomic E-state index is -1.15. The molecule has 0 bridgehead atoms. The minimum absolute atomic E-state index is 0.0383. The fraction of sp³-hybridized carbons (Fsp3) is 0. The highest BCUT2D eigenvalue weighted by atomic mass is 16.6. The van der Waals surface area contributed by atoms with E-state index in [9.17, 15) is 14.9 Å². The number of anilines is 1. The van der Waals surface area contributed by atoms with Gasteiger partial charge in [-0.2, -0.15) is 9.61 Å². The number of carbonyl (C=O) groups is 1. The second kappa shape index (κ2) is 4.81. The molecule has 22 heavy (non-hydrogen) atoms. The monoisotopic (exact) mass is 299 g/mol. The number of nitro benzene ring substituents is 1. The zero-order chi connectivity index (χ0) is 15.9. The average molecular weight is 299 g/mol. The summed E-state index contributed by atoms with van der Waals surface area (Å²) < 4.78 is 1.22. The van der Waals surface area contributed by atoms with E-state index in [-0.39, 0.29) is 22.7 Å². The Morgan fingerprint density at radius 3 is 2.55 bits per heavy atom. The first kappa shape index (κ1) is 13.5. The number of non-ortho nitro benzene ring substituents is 1. The molecule has 0 radical (unpaired) electrons. The minimum Gasteiger partial charge on any atom is -0.477 e. The van der Waals surface area contributed by atoms with E-state index >= 15 is 0 Å². The molecule has 2 heterocycles. The van der Waals surface area contributed by atoms with Crippen molar-refractivity contribution in [3.8, 4) is 11.1 Å². The zero-order valence-electron chi connectivity index (χ0n) is 11.0. The molecular formula is C13H9N5O4. The third-order valence-corrected chi connectivity index (χ3v) is 3.18. The topological polar surface area (TPSA) is 137 Å². The number of aromatic nitrogens is 3. The van der Waals surface area contributed by atoms with Gasteiger partial charge >= 0.3 is 5.97 Å². The summed E-state index contributed by atoms with van der Waals surface area (Å²) in [6.45, 7) is 0. The molecular weight excluding hydrogens is 290 g/mol. The first-order valence-electron chi connectivity index (χ1n) is 6.09. The Morgan fingerprint density at radius 1 is 1.27 bits per heavy atom. The predicted molar refractivity (Wildman–Crippen MR) is 76.4 cm³/mol. The molecule has 2 aromatic heterocycles. The van der Waals surface area contributed by atoms with Gasteiger partial charge in [0.1, 0.15) is 11.4 Å². The maximum atomic E-state index is 11.0. The molecule has 0 amide bonds. The molecule has 3 aromatic rings. The molecule has 3 N–H and O–H groups in total. The molecule has 0 unspecified atom stereocenters. The van der Waals surface area contributed by atoms with E-state index in [1.165, 1.54) is 29.0 Å². The molecule has 0 aliphatic heterocycles. The Morgan fingerprint density at radius 2 is 1.95 bits per heavy atom. The van der Waals surface area contributed by atoms with Crippen molar-refractivity contribution in [2.45, 2.75) is 0 Å². The van der Waals surface area contributed by atoms with Gasteiger partial charge in [0, 0.05) is 23.9 Å². The van der Waals surface area contributed by atoms with Crippen molar-refractivity contribution in [1.82, 2.24) is 14.6 Å². The number of fused-ring (bicyclic) bond motifs is 1. The van der Waals surface area contributed by atoms with Gasteiger partial charge in [0.25, 0.3) is 5.69 Å². The molecule has 3 rings (SSSR count). The second-order valence-electron chi connectivity index (χ2n) is 4.46. The standard InChI is InChI=1S/C13H9N5O4/c14-11-9(7-1-3-8(4-2-7)18(21)22)5-15-12-10(13(19)20)6-16-17(11)12/h1-6H,14H2,(H,19,20). The normalized spacial score (nSPS) is 10.7. The van der Waals surface area contributed by atoms with Gasteiger partial charge in [-0.05, 0) is 17.7 Å². The van der Waals surface area contributed by atoms with E-state index in [0.717, 1.165) is 0 Å². The molecule has 0 saturated heterocycles. The molecule has 110 valence electrons. The van der Waals surface area contributed by atoms with Gasteiger partial charge in [0.15, 0.2) is 5.65 Å². The Labute approximate surface area is 122 Å². The van der Waals surface area contributed by atoms with Crippen molar-refractivity contribution in [2.24, 2.45) is 0 Å². The van der Waals surface area contributed by atoms with Crippen LogP contribution in [0.3, 0.4) is 0 Å². The smallest absolute Gasteiger partial charge is 0.341 e. The highest BCUT2D eigenvalue weighted by molar-refractivity contribution is 5.94. The van der Waals surface area contributed by atoms with E-state index < -0.39 is 10.9 Å². The number of aromatic carboxylic acids is 1. The van der Waals surface area contributed by atoms with Crippen LogP contribution in [-0.2, 0) is 0 Å². The number of benzene rings is 1. The predicted octanol–water partition coefficient (Wildman–Crippen LogP) is 1.58. The number of nitrogens with zero attached hydrogens (tertiary/aromatic N) is 4. The molecule has 0 aliphatic rings. The van der Waals surface area contributed by atoms with Gasteiger partial charge in [0.2, 0.25) is 0 Å². The largest absolute Gasteiger partial charge is 0.477 e. The Bertz CT molecular complexity index is 901. The Balaban J connectivity index is 2.14. The summed E-state index contributed by atoms with van der Waals surface area (Å²) in [4.78, 5) is 25.3. The first-order chi connectivity index (χ1) is 10.5. The number of hydrogen-bond donors (Lipinski definition) is 2. The Kier molecular flexibility index (Phi) is 2.95. The van der Waals surface area contributed by atoms with E-state index in [1.807, 2.05) is 0 Å². The van der Waals surface area contributed by atoms with Crippen molar-refractivity contribution in [1.29, 1.82) is 0 Å². The summed E-state index contributed by atoms with van der Waals surface area (Å²) in [5.74, 6) is -0.948. The van der Waals surface area contributed by atoms with Crippen LogP contribution in [0.1, 0.15) is 10.4 Å². The highest BCUT2D eigenvalue weighted by Gasteiger charge is 2.16. The molecule has 9 heteroatoms. The number of carboxylic acid groups (broad SMARTS) is 1. The van der Waals surface area contributed by atoms with Crippen molar-refractivity contribution < 1.29 is 14.8 Å². The van der Waals surface area contributed by atoms with Crippen LogP contribution < -0.4 is 5.73 Å². The SMILES string of the molecule is Nc1c(-c2ccc([N+](=O)[O-])cc2)cnc2c(C(=O)O)cnn12. The van der Waals surface area contributed by atoms with Crippen LogP contribution in [0.4, 0.5) is 11.5 Å². The van der Waals surface area contributed by atoms with Crippen LogP contribution in [0.15, 0.2) is 36.7 Å². The lowest BCUT2D eigenvalue weighted by atomic mass is 10.1. The number of carboxylic acids is 1. The van der Waals surface area contributed by atoms with Gasteiger partial charge < -0.3 is 10.8 Å². The third-order valence-electron chi connectivity index (χ3n) is 3.18. The summed E-state index contributed by atoms with van der Waals surface area (Å²) in [6, 6.07) is 5.79. The van der Waals surface area contributed by atoms with Crippen LogP contribution in [0.5, 0.6) is 0 Å². The van der Waals surface area contributed by atoms with E-state index in [1.54, 1.807) is 12.1 Å². The lowest BCUT2D eigenvalue weighted by molar-refractivity contribution is -0.384. The van der Waals surface area contributed by atoms with Crippen molar-refractivity contribution in [3.63, 3.8) is 0 Å². The van der Waals surface area contributed by atoms with Crippen LogP contribution in [0.25, 0.3) is 16.8 Å². The summed E-state index contributed by atoms with van der Waals surface area (Å²) in [6.07, 6.45) is 2.58. The zero-order valence-corrected chi connectivity index (χ0v) is 11.0. The van der Waals surface area contributed by atoms with Crippen LogP contribution in [-0.4, -0.2) is 30.6 Å². The van der Waals surface area contributed by atoms with Crippen molar-refractivity contribution in [2.75, 3.05) is 5.73 Å². The third kappa shape index (κ3) is 2.00. The first-order valence-corrected chi connectivity index (χ1v) is 6.09. The summed E-state index contributed by atoms with van der Waals surface area (Å²) in [7, 11) is 0. The molecule has 0 aliphatic carbocycles. The lowest BCUT2D eigenvalue weighted by Crippen LogP contribution is -2.04. The van der Waals surface area contributed by atoms with Crippen LogP contribution in [0, 0.1) is 10.1 Å². The molecule has 9 nitrogen and oxygen atoms in total. The molecule has 0 fully saturated rings. The fourth-order valence-electron chi connectivity index (χ4n) is 2.08. The molecule has 0 spiro atoms. The summed E-state index contributed by atoms with van der Waals surface area (Å²) in [5, 5.41) is 23.6. The Hall–Kier alpha value is -3.49. The average Bonchev–Trinajstić information content (AvgIpc) is 2.93. The fourth-order valence-corrected chi connectivity index (χ4v) is 2.08. The number of hydrogen-bond acceptors (Lipinski definition) is 6. The molecule has 1 aromatic carbocycles. The lowest BCUT2D eigenvalue weighted by Gasteiger charge is -2.07. The molecule has 0 atom stereocenters. The van der Waals surface area contributed by atoms with E-state index in [0.29, 0.717) is 11.1 Å². The summed E-state index contributed by atoms with van der Waals surface area (Å²) >= 11 is 0. The van der Waals surface area contributed by atoms with Gasteiger partial charge in [-0.25, -0.2) is 9.78 Å². The number of nitrogens with two attached hydrogens (primary N) is 1. The van der Waals surface area contributed by atoms with Crippen LogP contribution >= 0.6 is 0 Å². The van der Waals surface area contributed by atoms with Gasteiger partial charge in [-0.15, -0.1) is 0 Å². The van der Waals surface area contributed by atoms with Crippen molar-refractivity contribution in [3.05, 3.63) is 52.3 Å². The van der Waals surface area contributed by atoms with Gasteiger partial charge in [-0.3, -0.25) is 10.1 Å². The van der Waals surface area contributed by atoms with Crippen molar-refractivity contribution >= 4 is 23.1 Å². The number of nitrogen functional groups attached to an aromatic ring is 1. The van der Waals surface area contributed by atoms with Gasteiger partial charge in [0.05, 0.1) is 11.1 Å². The maximum absolute atomic E-state index is 11.0. The van der Waals surface area contributed by atoms with E-state index in [4.69, 9.17) is 10.8 Å². The second-order valence-corrected chi connectivity index (χ2v) is 4.46. The quantitative estimate of drug-likeness (QED) is 0.553. The number of rotatable bonds is 3. The van der Waals surface area contributed by atoms with Gasteiger partial charge in [-0.1, -0.05) is 0 Å². The number of nitro groups is 1. The highest BCUT2D eigenvalue weighted by Crippen LogP contribution is 2.27. The van der Waals surface area contributed by atoms with E-state index in [2.05, 4.69) is 10.1 Å². The van der Waals surface area contributed by atoms with Crippen LogP contribution in [0.2, 0.25) is 0 Å². The maximum Gasteiger partial charge on any atom is 0.341 e. The summed E-state index contributed by atoms with van der Waals surface area (Å²) in [5.41, 5.74) is 7.16.